The van der Waals surface area contributed by atoms with Gasteiger partial charge in [-0.15, -0.1) is 10.2 Å². The Morgan fingerprint density at radius 3 is 2.50 bits per heavy atom. The number of amides is 1. The molecule has 1 amide bonds. The first kappa shape index (κ1) is 16.4. The van der Waals surface area contributed by atoms with Gasteiger partial charge in [-0.1, -0.05) is 25.1 Å². The van der Waals surface area contributed by atoms with Crippen LogP contribution in [0.1, 0.15) is 30.3 Å². The summed E-state index contributed by atoms with van der Waals surface area (Å²) >= 11 is 0. The van der Waals surface area contributed by atoms with Crippen LogP contribution in [0.2, 0.25) is 0 Å². The quantitative estimate of drug-likeness (QED) is 0.884. The summed E-state index contributed by atoms with van der Waals surface area (Å²) in [6.07, 6.45) is 2.21. The van der Waals surface area contributed by atoms with Gasteiger partial charge in [-0.2, -0.15) is 0 Å². The van der Waals surface area contributed by atoms with Gasteiger partial charge in [0.25, 0.3) is 5.91 Å². The largest absolute Gasteiger partial charge is 0.366 e. The van der Waals surface area contributed by atoms with Crippen LogP contribution in [0.15, 0.2) is 42.5 Å². The second kappa shape index (κ2) is 7.88. The molecule has 6 nitrogen and oxygen atoms in total. The number of benzene rings is 1. The van der Waals surface area contributed by atoms with Crippen LogP contribution < -0.4 is 10.6 Å². The van der Waals surface area contributed by atoms with Gasteiger partial charge in [0, 0.05) is 24.8 Å². The number of anilines is 2. The third-order valence-corrected chi connectivity index (χ3v) is 4.32. The number of nitrogens with zero attached hydrogens (tertiary/aromatic N) is 3. The Balaban J connectivity index is 1.54. The lowest BCUT2D eigenvalue weighted by atomic mass is 10.1. The predicted octanol–water partition coefficient (Wildman–Crippen LogP) is 2.63. The highest BCUT2D eigenvalue weighted by Gasteiger charge is 2.18. The van der Waals surface area contributed by atoms with Crippen LogP contribution in [-0.2, 0) is 0 Å². The van der Waals surface area contributed by atoms with Crippen LogP contribution in [0.4, 0.5) is 11.5 Å². The Morgan fingerprint density at radius 1 is 1.12 bits per heavy atom. The minimum absolute atomic E-state index is 0.253. The van der Waals surface area contributed by atoms with Crippen LogP contribution in [0.5, 0.6) is 0 Å². The van der Waals surface area contributed by atoms with Crippen molar-refractivity contribution >= 4 is 17.4 Å². The van der Waals surface area contributed by atoms with Crippen molar-refractivity contribution in [2.45, 2.75) is 25.8 Å². The molecule has 0 radical (unpaired) electrons. The Bertz CT molecular complexity index is 651. The van der Waals surface area contributed by atoms with Gasteiger partial charge < -0.3 is 15.5 Å². The van der Waals surface area contributed by atoms with Crippen molar-refractivity contribution in [3.8, 4) is 0 Å². The summed E-state index contributed by atoms with van der Waals surface area (Å²) < 4.78 is 0. The number of likely N-dealkylation sites (tertiary alicyclic amines) is 1. The van der Waals surface area contributed by atoms with Crippen LogP contribution in [0, 0.1) is 0 Å². The zero-order valence-electron chi connectivity index (χ0n) is 13.9. The fourth-order valence-corrected chi connectivity index (χ4v) is 2.85. The smallest absolute Gasteiger partial charge is 0.276 e. The molecule has 1 aromatic heterocycles. The molecule has 2 aromatic rings. The number of carbonyl (C=O) groups is 1. The normalized spacial score (nSPS) is 15.9. The molecule has 0 spiro atoms. The number of para-hydroxylation sites is 1. The molecule has 2 heterocycles. The molecule has 1 aliphatic rings. The number of nitrogens with one attached hydrogen (secondary N) is 2. The predicted molar refractivity (Wildman–Crippen MR) is 95.2 cm³/mol. The third kappa shape index (κ3) is 4.29. The Labute approximate surface area is 142 Å². The summed E-state index contributed by atoms with van der Waals surface area (Å²) in [6, 6.07) is 13.3. The number of piperidine rings is 1. The Morgan fingerprint density at radius 2 is 1.88 bits per heavy atom. The van der Waals surface area contributed by atoms with Crippen LogP contribution >= 0.6 is 0 Å². The Hall–Kier alpha value is -2.47. The first-order valence-corrected chi connectivity index (χ1v) is 8.43. The van der Waals surface area contributed by atoms with Gasteiger partial charge in [-0.25, -0.2) is 0 Å². The third-order valence-electron chi connectivity index (χ3n) is 4.32. The summed E-state index contributed by atoms with van der Waals surface area (Å²) in [5.41, 5.74) is 1.05. The summed E-state index contributed by atoms with van der Waals surface area (Å²) in [6.45, 7) is 5.52. The molecule has 126 valence electrons. The number of aromatic nitrogens is 2. The van der Waals surface area contributed by atoms with Gasteiger partial charge >= 0.3 is 0 Å². The molecule has 6 heteroatoms. The van der Waals surface area contributed by atoms with E-state index in [1.54, 1.807) is 6.07 Å². The van der Waals surface area contributed by atoms with Gasteiger partial charge in [0.05, 0.1) is 0 Å². The van der Waals surface area contributed by atoms with Crippen LogP contribution in [0.25, 0.3) is 0 Å². The highest BCUT2D eigenvalue weighted by molar-refractivity contribution is 6.02. The van der Waals surface area contributed by atoms with E-state index in [0.29, 0.717) is 11.7 Å². The molecule has 0 aliphatic carbocycles. The summed E-state index contributed by atoms with van der Waals surface area (Å²) in [7, 11) is 0. The fraction of sp³-hybridized carbons (Fsp3) is 0.389. The van der Waals surface area contributed by atoms with E-state index >= 15 is 0 Å². The van der Waals surface area contributed by atoms with Crippen molar-refractivity contribution < 1.29 is 4.79 Å². The van der Waals surface area contributed by atoms with E-state index in [9.17, 15) is 4.79 Å². The molecule has 1 aromatic carbocycles. The average Bonchev–Trinajstić information content (AvgIpc) is 2.64. The van der Waals surface area contributed by atoms with Gasteiger partial charge in [0.15, 0.2) is 5.69 Å². The van der Waals surface area contributed by atoms with Crippen LogP contribution in [-0.4, -0.2) is 46.7 Å². The summed E-state index contributed by atoms with van der Waals surface area (Å²) in [5.74, 6) is 0.470. The summed E-state index contributed by atoms with van der Waals surface area (Å²) in [4.78, 5) is 14.6. The first-order chi connectivity index (χ1) is 11.7. The number of hydrogen-bond donors (Lipinski definition) is 2. The monoisotopic (exact) mass is 325 g/mol. The fourth-order valence-electron chi connectivity index (χ4n) is 2.85. The molecule has 0 unspecified atom stereocenters. The highest BCUT2D eigenvalue weighted by Crippen LogP contribution is 2.15. The second-order valence-corrected chi connectivity index (χ2v) is 5.98. The van der Waals surface area contributed by atoms with E-state index in [1.807, 2.05) is 36.4 Å². The number of rotatable bonds is 5. The lowest BCUT2D eigenvalue weighted by Crippen LogP contribution is -2.39. The molecule has 1 aliphatic heterocycles. The maximum absolute atomic E-state index is 12.1. The second-order valence-electron chi connectivity index (χ2n) is 5.98. The van der Waals surface area contributed by atoms with E-state index in [0.717, 1.165) is 44.0 Å². The van der Waals surface area contributed by atoms with Gasteiger partial charge in [-0.3, -0.25) is 4.79 Å². The van der Waals surface area contributed by atoms with Crippen molar-refractivity contribution in [3.63, 3.8) is 0 Å². The topological polar surface area (TPSA) is 70.2 Å². The molecule has 1 saturated heterocycles. The van der Waals surface area contributed by atoms with Crippen molar-refractivity contribution in [2.75, 3.05) is 30.3 Å². The van der Waals surface area contributed by atoms with Crippen molar-refractivity contribution in [2.24, 2.45) is 0 Å². The molecule has 3 rings (SSSR count). The van der Waals surface area contributed by atoms with Crippen molar-refractivity contribution in [1.29, 1.82) is 0 Å². The van der Waals surface area contributed by atoms with Gasteiger partial charge in [-0.05, 0) is 43.7 Å². The number of hydrogen-bond acceptors (Lipinski definition) is 5. The van der Waals surface area contributed by atoms with Gasteiger partial charge in [0.1, 0.15) is 5.82 Å². The van der Waals surface area contributed by atoms with Gasteiger partial charge in [0.2, 0.25) is 0 Å². The van der Waals surface area contributed by atoms with Crippen LogP contribution in [0.3, 0.4) is 0 Å². The molecule has 24 heavy (non-hydrogen) atoms. The Kier molecular flexibility index (Phi) is 5.38. The minimum Gasteiger partial charge on any atom is -0.366 e. The molecule has 0 bridgehead atoms. The molecular formula is C18H23N5O. The highest BCUT2D eigenvalue weighted by atomic mass is 16.1. The lowest BCUT2D eigenvalue weighted by Gasteiger charge is -2.31. The average molecular weight is 325 g/mol. The lowest BCUT2D eigenvalue weighted by molar-refractivity contribution is 0.102. The first-order valence-electron chi connectivity index (χ1n) is 8.43. The molecule has 0 atom stereocenters. The van der Waals surface area contributed by atoms with E-state index in [4.69, 9.17) is 0 Å². The summed E-state index contributed by atoms with van der Waals surface area (Å²) in [5, 5.41) is 14.4. The van der Waals surface area contributed by atoms with Crippen molar-refractivity contribution in [3.05, 3.63) is 48.2 Å². The maximum atomic E-state index is 12.1. The molecule has 2 N–H and O–H groups in total. The van der Waals surface area contributed by atoms with E-state index in [-0.39, 0.29) is 5.91 Å². The molecular weight excluding hydrogens is 302 g/mol. The number of carbonyl (C=O) groups excluding carboxylic acids is 1. The van der Waals surface area contributed by atoms with E-state index in [1.165, 1.54) is 0 Å². The zero-order valence-corrected chi connectivity index (χ0v) is 13.9. The minimum atomic E-state index is -0.253. The van der Waals surface area contributed by atoms with E-state index in [2.05, 4.69) is 32.7 Å². The molecule has 0 saturated carbocycles. The SMILES string of the molecule is CCN1CCC(Nc2ccc(C(=O)Nc3ccccc3)nn2)CC1. The molecule has 1 fully saturated rings. The zero-order chi connectivity index (χ0) is 16.8. The van der Waals surface area contributed by atoms with E-state index < -0.39 is 0 Å². The maximum Gasteiger partial charge on any atom is 0.276 e. The standard InChI is InChI=1S/C18H23N5O/c1-2-23-12-10-15(11-13-23)19-17-9-8-16(21-22-17)18(24)20-14-6-4-3-5-7-14/h3-9,15H,2,10-13H2,1H3,(H,19,22)(H,20,24). The van der Waals surface area contributed by atoms with Crippen molar-refractivity contribution in [1.82, 2.24) is 15.1 Å².